The van der Waals surface area contributed by atoms with E-state index in [0.717, 1.165) is 13.1 Å². The van der Waals surface area contributed by atoms with Gasteiger partial charge in [0.05, 0.1) is 30.8 Å². The van der Waals surface area contributed by atoms with Crippen LogP contribution >= 0.6 is 0 Å². The van der Waals surface area contributed by atoms with E-state index in [0.29, 0.717) is 30.5 Å². The number of anilines is 3. The molecule has 1 aliphatic rings. The predicted molar refractivity (Wildman–Crippen MR) is 97.3 cm³/mol. The lowest BCUT2D eigenvalue weighted by Crippen LogP contribution is -2.42. The van der Waals surface area contributed by atoms with Crippen molar-refractivity contribution in [3.63, 3.8) is 0 Å². The van der Waals surface area contributed by atoms with Crippen molar-refractivity contribution < 1.29 is 9.13 Å². The quantitative estimate of drug-likeness (QED) is 0.692. The van der Waals surface area contributed by atoms with Crippen LogP contribution in [0.5, 0.6) is 0 Å². The highest BCUT2D eigenvalue weighted by Crippen LogP contribution is 2.30. The smallest absolute Gasteiger partial charge is 0.158 e. The van der Waals surface area contributed by atoms with Crippen LogP contribution in [-0.2, 0) is 10.4 Å². The van der Waals surface area contributed by atoms with E-state index >= 15 is 0 Å². The molecule has 0 unspecified atom stereocenters. The summed E-state index contributed by atoms with van der Waals surface area (Å²) >= 11 is 0. The second kappa shape index (κ2) is 8.20. The Morgan fingerprint density at radius 3 is 2.81 bits per heavy atom. The monoisotopic (exact) mass is 372 g/mol. The Labute approximate surface area is 156 Å². The highest BCUT2D eigenvalue weighted by molar-refractivity contribution is 5.60. The highest BCUT2D eigenvalue weighted by Gasteiger charge is 2.26. The molecule has 3 rings (SSSR count). The first-order chi connectivity index (χ1) is 13.0. The maximum absolute atomic E-state index is 14.5. The van der Waals surface area contributed by atoms with E-state index < -0.39 is 5.67 Å². The molecule has 2 aromatic heterocycles. The molecule has 0 bridgehead atoms. The molecule has 0 aliphatic carbocycles. The Balaban J connectivity index is 1.77. The standard InChI is InChI=1S/C17H21FN8O/c1-17(2,18)16-13(22-9-12-8-20-3-4-27-12)5-14(25-26-16)24-15-10-21-11(6-19)7-23-15/h5,7,10,12,20H,3-4,8-9H2,1-2H3,(H2,22,23,24,25)/t12-/m0/s1. The number of aromatic nitrogens is 4. The minimum Gasteiger partial charge on any atom is -0.381 e. The second-order valence-electron chi connectivity index (χ2n) is 6.57. The lowest BCUT2D eigenvalue weighted by Gasteiger charge is -2.25. The molecule has 0 spiro atoms. The third kappa shape index (κ3) is 5.06. The van der Waals surface area contributed by atoms with Crippen LogP contribution < -0.4 is 16.0 Å². The molecule has 3 heterocycles. The molecule has 0 aromatic carbocycles. The van der Waals surface area contributed by atoms with Gasteiger partial charge in [-0.1, -0.05) is 0 Å². The highest BCUT2D eigenvalue weighted by atomic mass is 19.1. The van der Waals surface area contributed by atoms with Crippen LogP contribution in [-0.4, -0.2) is 52.5 Å². The SMILES string of the molecule is CC(C)(F)c1nnc(Nc2cnc(C#N)cn2)cc1NC[C@@H]1CNCCO1. The molecule has 27 heavy (non-hydrogen) atoms. The van der Waals surface area contributed by atoms with Gasteiger partial charge in [-0.2, -0.15) is 5.26 Å². The van der Waals surface area contributed by atoms with Gasteiger partial charge >= 0.3 is 0 Å². The second-order valence-corrected chi connectivity index (χ2v) is 6.57. The van der Waals surface area contributed by atoms with Gasteiger partial charge in [-0.15, -0.1) is 10.2 Å². The van der Waals surface area contributed by atoms with Gasteiger partial charge in [0.25, 0.3) is 0 Å². The van der Waals surface area contributed by atoms with Crippen LogP contribution in [0.3, 0.4) is 0 Å². The Morgan fingerprint density at radius 2 is 2.19 bits per heavy atom. The molecule has 1 aliphatic heterocycles. The number of nitrogens with zero attached hydrogens (tertiary/aromatic N) is 5. The molecule has 10 heteroatoms. The molecule has 1 fully saturated rings. The molecule has 3 N–H and O–H groups in total. The predicted octanol–water partition coefficient (Wildman–Crippen LogP) is 1.49. The average Bonchev–Trinajstić information content (AvgIpc) is 2.67. The third-order valence-corrected chi connectivity index (χ3v) is 3.90. The number of alkyl halides is 1. The van der Waals surface area contributed by atoms with Crippen molar-refractivity contribution in [1.82, 2.24) is 25.5 Å². The summed E-state index contributed by atoms with van der Waals surface area (Å²) in [4.78, 5) is 8.02. The maximum Gasteiger partial charge on any atom is 0.158 e. The number of rotatable bonds is 6. The van der Waals surface area contributed by atoms with Gasteiger partial charge in [0, 0.05) is 25.7 Å². The Bertz CT molecular complexity index is 809. The largest absolute Gasteiger partial charge is 0.381 e. The lowest BCUT2D eigenvalue weighted by molar-refractivity contribution is 0.0372. The van der Waals surface area contributed by atoms with E-state index in [9.17, 15) is 4.39 Å². The molecule has 0 amide bonds. The van der Waals surface area contributed by atoms with Crippen molar-refractivity contribution in [1.29, 1.82) is 5.26 Å². The fourth-order valence-corrected chi connectivity index (χ4v) is 2.58. The molecule has 1 saturated heterocycles. The van der Waals surface area contributed by atoms with E-state index in [4.69, 9.17) is 10.00 Å². The van der Waals surface area contributed by atoms with E-state index in [1.807, 2.05) is 6.07 Å². The fourth-order valence-electron chi connectivity index (χ4n) is 2.58. The number of hydrogen-bond donors (Lipinski definition) is 3. The zero-order valence-electron chi connectivity index (χ0n) is 15.2. The van der Waals surface area contributed by atoms with Crippen LogP contribution in [0.15, 0.2) is 18.5 Å². The summed E-state index contributed by atoms with van der Waals surface area (Å²) in [6, 6.07) is 3.57. The van der Waals surface area contributed by atoms with Gasteiger partial charge in [-0.25, -0.2) is 14.4 Å². The van der Waals surface area contributed by atoms with E-state index in [2.05, 4.69) is 36.1 Å². The van der Waals surface area contributed by atoms with Gasteiger partial charge in [-0.3, -0.25) is 0 Å². The molecule has 0 saturated carbocycles. The summed E-state index contributed by atoms with van der Waals surface area (Å²) in [5.74, 6) is 0.786. The van der Waals surface area contributed by atoms with Crippen LogP contribution in [0.4, 0.5) is 21.7 Å². The Kier molecular flexibility index (Phi) is 5.73. The first-order valence-corrected chi connectivity index (χ1v) is 8.58. The van der Waals surface area contributed by atoms with Gasteiger partial charge in [0.2, 0.25) is 0 Å². The summed E-state index contributed by atoms with van der Waals surface area (Å²) < 4.78 is 20.2. The maximum atomic E-state index is 14.5. The molecular formula is C17H21FN8O. The molecule has 0 radical (unpaired) electrons. The zero-order chi connectivity index (χ0) is 19.3. The van der Waals surface area contributed by atoms with E-state index in [1.165, 1.54) is 26.2 Å². The van der Waals surface area contributed by atoms with Crippen molar-refractivity contribution in [3.05, 3.63) is 29.8 Å². The molecule has 1 atom stereocenters. The first-order valence-electron chi connectivity index (χ1n) is 8.58. The molecular weight excluding hydrogens is 351 g/mol. The van der Waals surface area contributed by atoms with Crippen LogP contribution in [0.2, 0.25) is 0 Å². The van der Waals surface area contributed by atoms with Crippen molar-refractivity contribution in [3.8, 4) is 6.07 Å². The molecule has 2 aromatic rings. The Morgan fingerprint density at radius 1 is 1.33 bits per heavy atom. The van der Waals surface area contributed by atoms with Gasteiger partial charge in [0.1, 0.15) is 17.6 Å². The number of morpholine rings is 1. The minimum atomic E-state index is -1.66. The van der Waals surface area contributed by atoms with Crippen LogP contribution in [0.25, 0.3) is 0 Å². The number of nitrogens with one attached hydrogen (secondary N) is 3. The van der Waals surface area contributed by atoms with Gasteiger partial charge < -0.3 is 20.7 Å². The van der Waals surface area contributed by atoms with Gasteiger partial charge in [0.15, 0.2) is 17.2 Å². The van der Waals surface area contributed by atoms with Crippen molar-refractivity contribution >= 4 is 17.3 Å². The summed E-state index contributed by atoms with van der Waals surface area (Å²) in [5.41, 5.74) is -0.712. The third-order valence-electron chi connectivity index (χ3n) is 3.90. The van der Waals surface area contributed by atoms with Crippen molar-refractivity contribution in [2.24, 2.45) is 0 Å². The lowest BCUT2D eigenvalue weighted by atomic mass is 10.1. The number of halogens is 1. The fraction of sp³-hybridized carbons (Fsp3) is 0.471. The van der Waals surface area contributed by atoms with E-state index in [-0.39, 0.29) is 17.5 Å². The van der Waals surface area contributed by atoms with Crippen LogP contribution in [0.1, 0.15) is 25.2 Å². The minimum absolute atomic E-state index is 0.0108. The summed E-state index contributed by atoms with van der Waals surface area (Å²) in [6.45, 7) is 5.58. The number of ether oxygens (including phenoxy) is 1. The van der Waals surface area contributed by atoms with Gasteiger partial charge in [-0.05, 0) is 13.8 Å². The first kappa shape index (κ1) is 18.9. The van der Waals surface area contributed by atoms with Crippen LogP contribution in [0, 0.1) is 11.3 Å². The summed E-state index contributed by atoms with van der Waals surface area (Å²) in [6.07, 6.45) is 2.76. The number of hydrogen-bond acceptors (Lipinski definition) is 9. The number of nitriles is 1. The topological polar surface area (TPSA) is 121 Å². The average molecular weight is 372 g/mol. The normalized spacial score (nSPS) is 17.2. The Hall–Kier alpha value is -2.90. The molecule has 142 valence electrons. The van der Waals surface area contributed by atoms with E-state index in [1.54, 1.807) is 6.07 Å². The molecule has 9 nitrogen and oxygen atoms in total. The van der Waals surface area contributed by atoms with Crippen molar-refractivity contribution in [2.45, 2.75) is 25.6 Å². The summed E-state index contributed by atoms with van der Waals surface area (Å²) in [7, 11) is 0. The summed E-state index contributed by atoms with van der Waals surface area (Å²) in [5, 5.41) is 26.2. The van der Waals surface area contributed by atoms with Crippen molar-refractivity contribution in [2.75, 3.05) is 36.9 Å². The zero-order valence-corrected chi connectivity index (χ0v) is 15.2.